The molecule has 0 aliphatic carbocycles. The second kappa shape index (κ2) is 3.98. The molecule has 1 unspecified atom stereocenters. The molecule has 2 nitrogen and oxygen atoms in total. The van der Waals surface area contributed by atoms with Gasteiger partial charge in [0.05, 0.1) is 5.69 Å². The lowest BCUT2D eigenvalue weighted by Gasteiger charge is -2.04. The maximum absolute atomic E-state index is 5.57. The molecule has 4 heteroatoms. The van der Waals surface area contributed by atoms with Crippen molar-refractivity contribution in [3.8, 4) is 0 Å². The second-order valence-corrected chi connectivity index (χ2v) is 5.75. The Hall–Kier alpha value is -0.0600. The summed E-state index contributed by atoms with van der Waals surface area (Å²) in [5, 5.41) is 1.09. The lowest BCUT2D eigenvalue weighted by Crippen LogP contribution is -2.00. The number of aryl methyl sites for hydroxylation is 1. The predicted octanol–water partition coefficient (Wildman–Crippen LogP) is 2.13. The highest BCUT2D eigenvalue weighted by molar-refractivity contribution is 7.99. The molecule has 1 aliphatic rings. The topological polar surface area (TPSA) is 38.9 Å². The Morgan fingerprint density at radius 1 is 1.62 bits per heavy atom. The van der Waals surface area contributed by atoms with E-state index in [1.54, 1.807) is 11.3 Å². The molecule has 0 saturated carbocycles. The average molecular weight is 214 g/mol. The summed E-state index contributed by atoms with van der Waals surface area (Å²) in [5.41, 5.74) is 6.89. The molecule has 1 aromatic rings. The van der Waals surface area contributed by atoms with Gasteiger partial charge in [-0.3, -0.25) is 0 Å². The molecule has 1 aliphatic heterocycles. The zero-order valence-corrected chi connectivity index (χ0v) is 9.38. The third-order valence-electron chi connectivity index (χ3n) is 2.37. The fourth-order valence-electron chi connectivity index (χ4n) is 1.68. The molecular formula is C9H14N2S2. The van der Waals surface area contributed by atoms with Crippen LogP contribution >= 0.6 is 23.1 Å². The Morgan fingerprint density at radius 2 is 2.46 bits per heavy atom. The molecule has 1 aromatic heterocycles. The van der Waals surface area contributed by atoms with Gasteiger partial charge in [-0.2, -0.15) is 11.8 Å². The third-order valence-corrected chi connectivity index (χ3v) is 4.54. The zero-order valence-electron chi connectivity index (χ0n) is 7.75. The Bertz CT molecular complexity index is 290. The van der Waals surface area contributed by atoms with E-state index in [0.29, 0.717) is 12.5 Å². The molecule has 0 spiro atoms. The van der Waals surface area contributed by atoms with Crippen LogP contribution in [0.3, 0.4) is 0 Å². The van der Waals surface area contributed by atoms with Crippen molar-refractivity contribution in [3.63, 3.8) is 0 Å². The molecule has 13 heavy (non-hydrogen) atoms. The van der Waals surface area contributed by atoms with E-state index in [0.717, 1.165) is 5.01 Å². The van der Waals surface area contributed by atoms with E-state index in [1.165, 1.54) is 28.5 Å². The normalized spacial score (nSPS) is 22.5. The van der Waals surface area contributed by atoms with Crippen molar-refractivity contribution in [3.05, 3.63) is 15.6 Å². The average Bonchev–Trinajstić information content (AvgIpc) is 2.72. The summed E-state index contributed by atoms with van der Waals surface area (Å²) in [6.45, 7) is 2.75. The fraction of sp³-hybridized carbons (Fsp3) is 0.667. The van der Waals surface area contributed by atoms with Crippen LogP contribution in [0.2, 0.25) is 0 Å². The molecule has 0 aromatic carbocycles. The van der Waals surface area contributed by atoms with Crippen molar-refractivity contribution in [2.24, 2.45) is 5.73 Å². The molecule has 72 valence electrons. The minimum absolute atomic E-state index is 0.589. The summed E-state index contributed by atoms with van der Waals surface area (Å²) in [5.74, 6) is 3.23. The van der Waals surface area contributed by atoms with Crippen LogP contribution in [0.4, 0.5) is 0 Å². The second-order valence-electron chi connectivity index (χ2n) is 3.31. The minimum Gasteiger partial charge on any atom is -0.325 e. The van der Waals surface area contributed by atoms with Gasteiger partial charge in [-0.25, -0.2) is 4.98 Å². The van der Waals surface area contributed by atoms with Gasteiger partial charge in [-0.05, 0) is 19.1 Å². The lowest BCUT2D eigenvalue weighted by atomic mass is 10.0. The van der Waals surface area contributed by atoms with E-state index in [9.17, 15) is 0 Å². The number of hydrogen-bond acceptors (Lipinski definition) is 4. The molecule has 1 saturated heterocycles. The smallest absolute Gasteiger partial charge is 0.107 e. The van der Waals surface area contributed by atoms with Crippen molar-refractivity contribution in [1.82, 2.24) is 4.98 Å². The molecule has 2 N–H and O–H groups in total. The van der Waals surface area contributed by atoms with Crippen molar-refractivity contribution in [2.75, 3.05) is 11.5 Å². The van der Waals surface area contributed by atoms with Gasteiger partial charge in [0.2, 0.25) is 0 Å². The quantitative estimate of drug-likeness (QED) is 0.819. The highest BCUT2D eigenvalue weighted by atomic mass is 32.2. The fourth-order valence-corrected chi connectivity index (χ4v) is 3.81. The van der Waals surface area contributed by atoms with Crippen molar-refractivity contribution >= 4 is 23.1 Å². The van der Waals surface area contributed by atoms with Crippen LogP contribution in [0.5, 0.6) is 0 Å². The van der Waals surface area contributed by atoms with Crippen LogP contribution in [0.25, 0.3) is 0 Å². The number of hydrogen-bond donors (Lipinski definition) is 1. The summed E-state index contributed by atoms with van der Waals surface area (Å²) in [6.07, 6.45) is 1.29. The number of thiazole rings is 1. The first kappa shape index (κ1) is 9.49. The van der Waals surface area contributed by atoms with E-state index >= 15 is 0 Å². The van der Waals surface area contributed by atoms with Gasteiger partial charge in [-0.15, -0.1) is 11.3 Å². The van der Waals surface area contributed by atoms with Crippen LogP contribution in [-0.2, 0) is 6.54 Å². The van der Waals surface area contributed by atoms with Gasteiger partial charge >= 0.3 is 0 Å². The van der Waals surface area contributed by atoms with E-state index in [-0.39, 0.29) is 0 Å². The summed E-state index contributed by atoms with van der Waals surface area (Å²) in [4.78, 5) is 5.96. The maximum atomic E-state index is 5.57. The Morgan fingerprint density at radius 3 is 3.00 bits per heavy atom. The van der Waals surface area contributed by atoms with E-state index < -0.39 is 0 Å². The van der Waals surface area contributed by atoms with Gasteiger partial charge in [0.15, 0.2) is 0 Å². The zero-order chi connectivity index (χ0) is 9.26. The van der Waals surface area contributed by atoms with Crippen molar-refractivity contribution in [1.29, 1.82) is 0 Å². The molecule has 0 amide bonds. The van der Waals surface area contributed by atoms with E-state index in [4.69, 9.17) is 5.73 Å². The first-order chi connectivity index (χ1) is 6.31. The maximum Gasteiger partial charge on any atom is 0.107 e. The van der Waals surface area contributed by atoms with E-state index in [2.05, 4.69) is 11.9 Å². The number of nitrogens with two attached hydrogens (primary N) is 1. The largest absolute Gasteiger partial charge is 0.325 e. The van der Waals surface area contributed by atoms with Crippen LogP contribution in [0.1, 0.15) is 27.9 Å². The first-order valence-corrected chi connectivity index (χ1v) is 6.52. The van der Waals surface area contributed by atoms with Gasteiger partial charge in [0.25, 0.3) is 0 Å². The number of nitrogens with zero attached hydrogens (tertiary/aromatic N) is 1. The van der Waals surface area contributed by atoms with Gasteiger partial charge in [-0.1, -0.05) is 0 Å². The van der Waals surface area contributed by atoms with Gasteiger partial charge in [0, 0.05) is 23.1 Å². The monoisotopic (exact) mass is 214 g/mol. The Balaban J connectivity index is 2.22. The summed E-state index contributed by atoms with van der Waals surface area (Å²) >= 11 is 3.79. The van der Waals surface area contributed by atoms with Gasteiger partial charge in [0.1, 0.15) is 5.01 Å². The highest BCUT2D eigenvalue weighted by Gasteiger charge is 2.22. The molecule has 0 radical (unpaired) electrons. The lowest BCUT2D eigenvalue weighted by molar-refractivity contribution is 0.747. The molecule has 0 bridgehead atoms. The summed E-state index contributed by atoms with van der Waals surface area (Å²) in [7, 11) is 0. The van der Waals surface area contributed by atoms with E-state index in [1.807, 2.05) is 11.8 Å². The number of aromatic nitrogens is 1. The molecule has 2 rings (SSSR count). The number of thioether (sulfide) groups is 1. The van der Waals surface area contributed by atoms with Crippen LogP contribution in [-0.4, -0.2) is 16.5 Å². The van der Waals surface area contributed by atoms with Crippen molar-refractivity contribution < 1.29 is 0 Å². The summed E-state index contributed by atoms with van der Waals surface area (Å²) < 4.78 is 0. The molecular weight excluding hydrogens is 200 g/mol. The van der Waals surface area contributed by atoms with Crippen molar-refractivity contribution in [2.45, 2.75) is 25.8 Å². The number of rotatable bonds is 2. The Labute approximate surface area is 86.9 Å². The predicted molar refractivity (Wildman–Crippen MR) is 59.4 cm³/mol. The molecule has 2 heterocycles. The third kappa shape index (κ3) is 1.90. The highest BCUT2D eigenvalue weighted by Crippen LogP contribution is 2.35. The standard InChI is InChI=1S/C9H14N2S2/c1-6-9(7-2-3-12-5-7)11-8(4-10)13-6/h7H,2-5,10H2,1H3. The molecule has 1 atom stereocenters. The minimum atomic E-state index is 0.589. The summed E-state index contributed by atoms with van der Waals surface area (Å²) in [6, 6.07) is 0. The first-order valence-electron chi connectivity index (χ1n) is 4.55. The van der Waals surface area contributed by atoms with Gasteiger partial charge < -0.3 is 5.73 Å². The SMILES string of the molecule is Cc1sc(CN)nc1C1CCSC1. The Kier molecular flexibility index (Phi) is 2.91. The van der Waals surface area contributed by atoms with Crippen LogP contribution in [0, 0.1) is 6.92 Å². The van der Waals surface area contributed by atoms with Crippen LogP contribution < -0.4 is 5.73 Å². The van der Waals surface area contributed by atoms with Crippen LogP contribution in [0.15, 0.2) is 0 Å². The molecule has 1 fully saturated rings.